The normalized spacial score (nSPS) is 10.8. The van der Waals surface area contributed by atoms with Gasteiger partial charge in [-0.2, -0.15) is 0 Å². The minimum absolute atomic E-state index is 0.238. The molecule has 4 aromatic rings. The molecule has 0 radical (unpaired) electrons. The van der Waals surface area contributed by atoms with Crippen molar-refractivity contribution in [1.29, 1.82) is 0 Å². The van der Waals surface area contributed by atoms with Gasteiger partial charge in [0.25, 0.3) is 0 Å². The molecule has 0 aliphatic carbocycles. The summed E-state index contributed by atoms with van der Waals surface area (Å²) in [5.41, 5.74) is 2.93. The highest BCUT2D eigenvalue weighted by Gasteiger charge is 2.15. The Balaban J connectivity index is 1.85. The van der Waals surface area contributed by atoms with Gasteiger partial charge in [-0.25, -0.2) is 24.7 Å². The monoisotopic (exact) mass is 377 g/mol. The summed E-state index contributed by atoms with van der Waals surface area (Å²) in [6.07, 6.45) is 6.48. The average molecular weight is 377 g/mol. The Morgan fingerprint density at radius 2 is 2.11 bits per heavy atom. The zero-order valence-corrected chi connectivity index (χ0v) is 14.8. The lowest BCUT2D eigenvalue weighted by Gasteiger charge is -2.06. The number of imidazole rings is 2. The van der Waals surface area contributed by atoms with Gasteiger partial charge in [0.2, 0.25) is 5.95 Å². The average Bonchev–Trinajstić information content (AvgIpc) is 3.34. The van der Waals surface area contributed by atoms with E-state index in [9.17, 15) is 9.59 Å². The maximum Gasteiger partial charge on any atom is 0.413 e. The summed E-state index contributed by atoms with van der Waals surface area (Å²) in [6, 6.07) is 5.36. The van der Waals surface area contributed by atoms with Crippen LogP contribution in [0, 0.1) is 0 Å². The number of ether oxygens (including phenoxy) is 1. The predicted octanol–water partition coefficient (Wildman–Crippen LogP) is 2.59. The molecule has 28 heavy (non-hydrogen) atoms. The second kappa shape index (κ2) is 7.27. The molecular weight excluding hydrogens is 362 g/mol. The first kappa shape index (κ1) is 17.3. The standard InChI is InChI=1S/C18H15N7O3/c1-2-28-18(27)24-17-22-14-7-12(25-8-11(9-26)21-10-25)6-13(15(14)23-17)16-19-4-3-5-20-16/h3-10H,2H2,1H3,(H2,22,23,24,27). The van der Waals surface area contributed by atoms with E-state index in [1.165, 1.54) is 6.33 Å². The van der Waals surface area contributed by atoms with Crippen LogP contribution in [0.2, 0.25) is 0 Å². The topological polar surface area (TPSA) is 128 Å². The van der Waals surface area contributed by atoms with Crippen LogP contribution in [0.1, 0.15) is 17.4 Å². The summed E-state index contributed by atoms with van der Waals surface area (Å²) >= 11 is 0. The molecule has 0 saturated heterocycles. The molecule has 0 atom stereocenters. The van der Waals surface area contributed by atoms with Crippen molar-refractivity contribution in [2.45, 2.75) is 6.92 Å². The number of H-pyrrole nitrogens is 1. The van der Waals surface area contributed by atoms with Crippen LogP contribution in [-0.4, -0.2) is 48.5 Å². The Bertz CT molecular complexity index is 1150. The molecule has 10 nitrogen and oxygen atoms in total. The minimum atomic E-state index is -0.607. The SMILES string of the molecule is CCOC(=O)Nc1nc2cc(-n3cnc(C=O)c3)cc(-c3ncccn3)c2[nH]1. The number of aromatic amines is 1. The van der Waals surface area contributed by atoms with E-state index in [4.69, 9.17) is 4.74 Å². The first-order chi connectivity index (χ1) is 13.7. The number of nitrogens with one attached hydrogen (secondary N) is 2. The zero-order chi connectivity index (χ0) is 19.5. The van der Waals surface area contributed by atoms with Crippen LogP contribution in [0.4, 0.5) is 10.7 Å². The Morgan fingerprint density at radius 1 is 1.29 bits per heavy atom. The highest BCUT2D eigenvalue weighted by atomic mass is 16.5. The molecule has 0 aliphatic heterocycles. The quantitative estimate of drug-likeness (QED) is 0.512. The molecule has 0 bridgehead atoms. The van der Waals surface area contributed by atoms with Crippen molar-refractivity contribution in [2.24, 2.45) is 0 Å². The molecule has 10 heteroatoms. The molecule has 0 fully saturated rings. The van der Waals surface area contributed by atoms with E-state index in [0.29, 0.717) is 40.1 Å². The second-order valence-electron chi connectivity index (χ2n) is 5.71. The lowest BCUT2D eigenvalue weighted by Crippen LogP contribution is -2.14. The first-order valence-corrected chi connectivity index (χ1v) is 8.42. The van der Waals surface area contributed by atoms with E-state index in [0.717, 1.165) is 0 Å². The van der Waals surface area contributed by atoms with E-state index in [-0.39, 0.29) is 12.6 Å². The summed E-state index contributed by atoms with van der Waals surface area (Å²) in [6.45, 7) is 1.97. The van der Waals surface area contributed by atoms with Crippen LogP contribution in [-0.2, 0) is 4.74 Å². The number of hydrogen-bond donors (Lipinski definition) is 2. The maximum atomic E-state index is 11.7. The van der Waals surface area contributed by atoms with Crippen LogP contribution in [0.5, 0.6) is 0 Å². The van der Waals surface area contributed by atoms with Gasteiger partial charge in [0.1, 0.15) is 12.0 Å². The fraction of sp³-hybridized carbons (Fsp3) is 0.111. The number of aromatic nitrogens is 6. The zero-order valence-electron chi connectivity index (χ0n) is 14.8. The fourth-order valence-electron chi connectivity index (χ4n) is 2.73. The van der Waals surface area contributed by atoms with Gasteiger partial charge < -0.3 is 14.3 Å². The largest absolute Gasteiger partial charge is 0.450 e. The van der Waals surface area contributed by atoms with Crippen molar-refractivity contribution in [3.63, 3.8) is 0 Å². The number of carbonyl (C=O) groups is 2. The van der Waals surface area contributed by atoms with Crippen molar-refractivity contribution < 1.29 is 14.3 Å². The summed E-state index contributed by atoms with van der Waals surface area (Å²) in [5.74, 6) is 0.721. The number of anilines is 1. The highest BCUT2D eigenvalue weighted by Crippen LogP contribution is 2.29. The molecular formula is C18H15N7O3. The third kappa shape index (κ3) is 3.30. The third-order valence-electron chi connectivity index (χ3n) is 3.90. The van der Waals surface area contributed by atoms with Gasteiger partial charge in [-0.05, 0) is 25.1 Å². The molecule has 140 valence electrons. The highest BCUT2D eigenvalue weighted by molar-refractivity contribution is 5.95. The van der Waals surface area contributed by atoms with Gasteiger partial charge in [-0.1, -0.05) is 0 Å². The first-order valence-electron chi connectivity index (χ1n) is 8.42. The number of nitrogens with zero attached hydrogens (tertiary/aromatic N) is 5. The Labute approximate surface area is 158 Å². The Hall–Kier alpha value is -4.08. The van der Waals surface area contributed by atoms with Crippen LogP contribution in [0.25, 0.3) is 28.1 Å². The predicted molar refractivity (Wildman–Crippen MR) is 100 cm³/mol. The molecule has 0 aliphatic rings. The Morgan fingerprint density at radius 3 is 2.82 bits per heavy atom. The van der Waals surface area contributed by atoms with E-state index < -0.39 is 6.09 Å². The molecule has 4 rings (SSSR count). The van der Waals surface area contributed by atoms with Gasteiger partial charge >= 0.3 is 6.09 Å². The summed E-state index contributed by atoms with van der Waals surface area (Å²) in [4.78, 5) is 42.7. The smallest absolute Gasteiger partial charge is 0.413 e. The van der Waals surface area contributed by atoms with Crippen LogP contribution in [0.15, 0.2) is 43.1 Å². The number of amides is 1. The molecule has 3 aromatic heterocycles. The number of hydrogen-bond acceptors (Lipinski definition) is 7. The van der Waals surface area contributed by atoms with Gasteiger partial charge in [0.15, 0.2) is 12.1 Å². The molecule has 0 unspecified atom stereocenters. The van der Waals surface area contributed by atoms with Crippen molar-refractivity contribution >= 4 is 29.4 Å². The van der Waals surface area contributed by atoms with E-state index >= 15 is 0 Å². The molecule has 0 spiro atoms. The van der Waals surface area contributed by atoms with Crippen molar-refractivity contribution in [3.05, 3.63) is 48.8 Å². The molecule has 0 saturated carbocycles. The second-order valence-corrected chi connectivity index (χ2v) is 5.71. The van der Waals surface area contributed by atoms with E-state index in [2.05, 4.69) is 30.2 Å². The number of aldehydes is 1. The lowest BCUT2D eigenvalue weighted by molar-refractivity contribution is 0.111. The lowest BCUT2D eigenvalue weighted by atomic mass is 10.1. The summed E-state index contributed by atoms with van der Waals surface area (Å²) < 4.78 is 6.58. The molecule has 2 N–H and O–H groups in total. The van der Waals surface area contributed by atoms with Crippen molar-refractivity contribution in [3.8, 4) is 17.1 Å². The third-order valence-corrected chi connectivity index (χ3v) is 3.90. The van der Waals surface area contributed by atoms with Crippen LogP contribution >= 0.6 is 0 Å². The number of carbonyl (C=O) groups excluding carboxylic acids is 2. The number of rotatable bonds is 5. The summed E-state index contributed by atoms with van der Waals surface area (Å²) in [7, 11) is 0. The number of benzene rings is 1. The van der Waals surface area contributed by atoms with Gasteiger partial charge in [0, 0.05) is 29.8 Å². The number of fused-ring (bicyclic) bond motifs is 1. The Kier molecular flexibility index (Phi) is 4.50. The van der Waals surface area contributed by atoms with Crippen LogP contribution < -0.4 is 5.32 Å². The minimum Gasteiger partial charge on any atom is -0.450 e. The van der Waals surface area contributed by atoms with E-state index in [1.54, 1.807) is 42.2 Å². The van der Waals surface area contributed by atoms with Crippen LogP contribution in [0.3, 0.4) is 0 Å². The molecule has 1 aromatic carbocycles. The van der Waals surface area contributed by atoms with Gasteiger partial charge in [0.05, 0.1) is 17.6 Å². The molecule has 3 heterocycles. The summed E-state index contributed by atoms with van der Waals surface area (Å²) in [5, 5.41) is 2.55. The maximum absolute atomic E-state index is 11.7. The molecule has 1 amide bonds. The van der Waals surface area contributed by atoms with Crippen molar-refractivity contribution in [2.75, 3.05) is 11.9 Å². The van der Waals surface area contributed by atoms with Gasteiger partial charge in [-0.15, -0.1) is 0 Å². The van der Waals surface area contributed by atoms with Crippen molar-refractivity contribution in [1.82, 2.24) is 29.5 Å². The van der Waals surface area contributed by atoms with E-state index in [1.807, 2.05) is 6.07 Å². The van der Waals surface area contributed by atoms with Gasteiger partial charge in [-0.3, -0.25) is 10.1 Å². The fourth-order valence-corrected chi connectivity index (χ4v) is 2.73.